The zero-order chi connectivity index (χ0) is 24.0. The predicted octanol–water partition coefficient (Wildman–Crippen LogP) is 4.44. The van der Waals surface area contributed by atoms with Crippen LogP contribution in [-0.2, 0) is 22.6 Å². The minimum Gasteiger partial charge on any atom is -0.370 e. The van der Waals surface area contributed by atoms with Gasteiger partial charge in [0, 0.05) is 25.1 Å². The van der Waals surface area contributed by atoms with Crippen LogP contribution in [0.3, 0.4) is 0 Å². The predicted molar refractivity (Wildman–Crippen MR) is 132 cm³/mol. The Balaban J connectivity index is 1.93. The van der Waals surface area contributed by atoms with Gasteiger partial charge < -0.3 is 15.6 Å². The maximum Gasteiger partial charge on any atom is 0.242 e. The topological polar surface area (TPSA) is 103 Å². The van der Waals surface area contributed by atoms with E-state index in [0.717, 1.165) is 22.4 Å². The van der Waals surface area contributed by atoms with E-state index in [4.69, 9.17) is 5.73 Å². The molecule has 174 valence electrons. The highest BCUT2D eigenvalue weighted by molar-refractivity contribution is 8.00. The molecule has 0 aliphatic carbocycles. The lowest BCUT2D eigenvalue weighted by Crippen LogP contribution is -2.20. The van der Waals surface area contributed by atoms with Crippen molar-refractivity contribution < 1.29 is 9.59 Å². The van der Waals surface area contributed by atoms with Crippen molar-refractivity contribution in [1.82, 2.24) is 14.8 Å². The van der Waals surface area contributed by atoms with Gasteiger partial charge in [-0.2, -0.15) is 0 Å². The maximum atomic E-state index is 13.5. The third-order valence-corrected chi connectivity index (χ3v) is 6.39. The van der Waals surface area contributed by atoms with Crippen molar-refractivity contribution in [3.8, 4) is 0 Å². The van der Waals surface area contributed by atoms with E-state index in [0.29, 0.717) is 29.9 Å². The monoisotopic (exact) mass is 465 g/mol. The number of carbonyl (C=O) groups excluding carboxylic acids is 2. The van der Waals surface area contributed by atoms with Crippen LogP contribution in [0.15, 0.2) is 53.7 Å². The smallest absolute Gasteiger partial charge is 0.242 e. The van der Waals surface area contributed by atoms with Crippen molar-refractivity contribution in [3.63, 3.8) is 0 Å². The van der Waals surface area contributed by atoms with Gasteiger partial charge in [-0.1, -0.05) is 68.1 Å². The van der Waals surface area contributed by atoms with Gasteiger partial charge in [-0.15, -0.1) is 10.2 Å². The zero-order valence-corrected chi connectivity index (χ0v) is 20.4. The van der Waals surface area contributed by atoms with Gasteiger partial charge in [-0.05, 0) is 42.5 Å². The van der Waals surface area contributed by atoms with Gasteiger partial charge in [0.25, 0.3) is 0 Å². The number of anilines is 1. The minimum atomic E-state index is -0.523. The molecule has 0 radical (unpaired) electrons. The van der Waals surface area contributed by atoms with Crippen molar-refractivity contribution in [2.45, 2.75) is 57.5 Å². The first-order valence-corrected chi connectivity index (χ1v) is 11.9. The summed E-state index contributed by atoms with van der Waals surface area (Å²) in [6.45, 7) is 8.87. The van der Waals surface area contributed by atoms with Crippen molar-refractivity contribution in [1.29, 1.82) is 0 Å². The minimum absolute atomic E-state index is 0.127. The van der Waals surface area contributed by atoms with Gasteiger partial charge in [0.1, 0.15) is 11.1 Å². The average molecular weight is 466 g/mol. The largest absolute Gasteiger partial charge is 0.370 e. The summed E-state index contributed by atoms with van der Waals surface area (Å²) in [5.74, 6) is 0.536. The fraction of sp³-hybridized carbons (Fsp3) is 0.360. The molecule has 0 saturated heterocycles. The first-order valence-electron chi connectivity index (χ1n) is 11.0. The van der Waals surface area contributed by atoms with Crippen LogP contribution in [0.25, 0.3) is 0 Å². The average Bonchev–Trinajstić information content (AvgIpc) is 3.14. The molecule has 1 unspecified atom stereocenters. The molecule has 3 N–H and O–H groups in total. The quantitative estimate of drug-likeness (QED) is 0.431. The molecule has 1 aromatic heterocycles. The lowest BCUT2D eigenvalue weighted by molar-refractivity contribution is -0.118. The van der Waals surface area contributed by atoms with Crippen LogP contribution in [0.1, 0.15) is 48.0 Å². The third kappa shape index (κ3) is 6.68. The second kappa shape index (κ2) is 11.1. The molecule has 2 aromatic carbocycles. The van der Waals surface area contributed by atoms with E-state index in [1.807, 2.05) is 66.9 Å². The van der Waals surface area contributed by atoms with Crippen LogP contribution in [-0.4, -0.2) is 26.6 Å². The number of amides is 2. The van der Waals surface area contributed by atoms with E-state index in [2.05, 4.69) is 29.4 Å². The van der Waals surface area contributed by atoms with Gasteiger partial charge in [0.2, 0.25) is 11.8 Å². The molecule has 0 spiro atoms. The Kier molecular flexibility index (Phi) is 8.27. The van der Waals surface area contributed by atoms with Crippen molar-refractivity contribution in [2.24, 2.45) is 11.7 Å². The number of aryl methyl sites for hydroxylation is 3. The molecule has 0 saturated carbocycles. The van der Waals surface area contributed by atoms with Crippen LogP contribution >= 0.6 is 11.8 Å². The number of benzene rings is 2. The van der Waals surface area contributed by atoms with Crippen LogP contribution in [0.2, 0.25) is 0 Å². The van der Waals surface area contributed by atoms with Gasteiger partial charge >= 0.3 is 0 Å². The molecule has 1 heterocycles. The van der Waals surface area contributed by atoms with Crippen molar-refractivity contribution in [2.75, 3.05) is 5.32 Å². The summed E-state index contributed by atoms with van der Waals surface area (Å²) in [7, 11) is 0. The SMILES string of the molecule is Cc1ccc(C)c(NC(=O)C(Sc2nnc(CCC(N)=O)n2CC(C)C)c2ccccc2)c1. The van der Waals surface area contributed by atoms with E-state index in [1.54, 1.807) is 0 Å². The van der Waals surface area contributed by atoms with E-state index in [-0.39, 0.29) is 18.2 Å². The van der Waals surface area contributed by atoms with Gasteiger partial charge in [0.15, 0.2) is 5.16 Å². The number of primary amides is 1. The molecule has 1 atom stereocenters. The normalized spacial score (nSPS) is 12.0. The van der Waals surface area contributed by atoms with Crippen molar-refractivity contribution in [3.05, 3.63) is 71.0 Å². The Hall–Kier alpha value is -3.13. The lowest BCUT2D eigenvalue weighted by atomic mass is 10.1. The highest BCUT2D eigenvalue weighted by Crippen LogP contribution is 2.36. The maximum absolute atomic E-state index is 13.5. The lowest BCUT2D eigenvalue weighted by Gasteiger charge is -2.19. The summed E-state index contributed by atoms with van der Waals surface area (Å²) in [5, 5.41) is 11.9. The van der Waals surface area contributed by atoms with Gasteiger partial charge in [0.05, 0.1) is 0 Å². The summed E-state index contributed by atoms with van der Waals surface area (Å²) in [5.41, 5.74) is 9.09. The van der Waals surface area contributed by atoms with E-state index in [1.165, 1.54) is 11.8 Å². The molecular formula is C25H31N5O2S. The number of nitrogens with zero attached hydrogens (tertiary/aromatic N) is 3. The number of carbonyl (C=O) groups is 2. The molecular weight excluding hydrogens is 434 g/mol. The molecule has 0 aliphatic rings. The second-order valence-corrected chi connectivity index (χ2v) is 9.66. The Bertz CT molecular complexity index is 1110. The Morgan fingerprint density at radius 3 is 2.48 bits per heavy atom. The number of aromatic nitrogens is 3. The second-order valence-electron chi connectivity index (χ2n) is 8.59. The number of hydrogen-bond donors (Lipinski definition) is 2. The molecule has 0 bridgehead atoms. The molecule has 2 amide bonds. The summed E-state index contributed by atoms with van der Waals surface area (Å²) in [6, 6.07) is 15.7. The standard InChI is InChI=1S/C25H31N5O2S/c1-16(2)15-30-22(13-12-21(26)31)28-29-25(30)33-23(19-8-6-5-7-9-19)24(32)27-20-14-17(3)10-11-18(20)4/h5-11,14,16,23H,12-13,15H2,1-4H3,(H2,26,31)(H,27,32). The van der Waals surface area contributed by atoms with E-state index < -0.39 is 5.25 Å². The highest BCUT2D eigenvalue weighted by atomic mass is 32.2. The summed E-state index contributed by atoms with van der Waals surface area (Å²) < 4.78 is 2.00. The number of hydrogen-bond acceptors (Lipinski definition) is 5. The number of rotatable bonds is 10. The molecule has 0 fully saturated rings. The van der Waals surface area contributed by atoms with Crippen LogP contribution in [0.5, 0.6) is 0 Å². The summed E-state index contributed by atoms with van der Waals surface area (Å²) >= 11 is 1.36. The van der Waals surface area contributed by atoms with Gasteiger partial charge in [-0.3, -0.25) is 9.59 Å². The number of nitrogens with two attached hydrogens (primary N) is 1. The number of nitrogens with one attached hydrogen (secondary N) is 1. The summed E-state index contributed by atoms with van der Waals surface area (Å²) in [6.07, 6.45) is 0.621. The zero-order valence-electron chi connectivity index (χ0n) is 19.5. The molecule has 0 aliphatic heterocycles. The Morgan fingerprint density at radius 1 is 1.09 bits per heavy atom. The fourth-order valence-electron chi connectivity index (χ4n) is 3.45. The van der Waals surface area contributed by atoms with E-state index in [9.17, 15) is 9.59 Å². The first-order chi connectivity index (χ1) is 15.7. The third-order valence-electron chi connectivity index (χ3n) is 5.15. The van der Waals surface area contributed by atoms with Crippen LogP contribution in [0.4, 0.5) is 5.69 Å². The highest BCUT2D eigenvalue weighted by Gasteiger charge is 2.26. The summed E-state index contributed by atoms with van der Waals surface area (Å²) in [4.78, 5) is 24.8. The Labute approximate surface area is 199 Å². The van der Waals surface area contributed by atoms with Crippen LogP contribution in [0, 0.1) is 19.8 Å². The fourth-order valence-corrected chi connectivity index (χ4v) is 4.51. The van der Waals surface area contributed by atoms with Gasteiger partial charge in [-0.25, -0.2) is 0 Å². The molecule has 3 rings (SSSR count). The first kappa shape index (κ1) is 24.5. The number of thioether (sulfide) groups is 1. The van der Waals surface area contributed by atoms with Crippen molar-refractivity contribution >= 4 is 29.3 Å². The molecule has 3 aromatic rings. The molecule has 7 nitrogen and oxygen atoms in total. The van der Waals surface area contributed by atoms with Crippen LogP contribution < -0.4 is 11.1 Å². The Morgan fingerprint density at radius 2 is 1.82 bits per heavy atom. The molecule has 33 heavy (non-hydrogen) atoms. The van der Waals surface area contributed by atoms with E-state index >= 15 is 0 Å². The molecule has 8 heteroatoms.